The molecule has 0 radical (unpaired) electrons. The van der Waals surface area contributed by atoms with E-state index >= 15 is 0 Å². The normalized spacial score (nSPS) is 12.1. The molecule has 2 N–H and O–H groups in total. The van der Waals surface area contributed by atoms with Crippen LogP contribution < -0.4 is 10.6 Å². The molecule has 136 valence electrons. The van der Waals surface area contributed by atoms with Crippen molar-refractivity contribution in [1.29, 1.82) is 0 Å². The molecule has 1 atom stereocenters. The van der Waals surface area contributed by atoms with Gasteiger partial charge in [-0.2, -0.15) is 0 Å². The van der Waals surface area contributed by atoms with Gasteiger partial charge in [-0.25, -0.2) is 0 Å². The summed E-state index contributed by atoms with van der Waals surface area (Å²) in [6.45, 7) is 6.60. The van der Waals surface area contributed by atoms with Crippen LogP contribution in [0.4, 0.5) is 0 Å². The summed E-state index contributed by atoms with van der Waals surface area (Å²) in [5.41, 5.74) is 0.444. The maximum Gasteiger partial charge on any atom is 0.254 e. The minimum atomic E-state index is -0.252. The zero-order valence-electron chi connectivity index (χ0n) is 14.7. The average molecular weight is 347 g/mol. The standard InChI is InChI=1S/C18H25N3O4/c1-3-21(4-2)15(16-6-5-10-25-16)12-20-17(22)7-9-19-18(23)14-8-11-24-13-14/h5-6,8,10-11,13,15H,3-4,7,9,12H2,1-2H3,(H,19,23)(H,20,22)/t15-/m0/s1. The van der Waals surface area contributed by atoms with E-state index in [-0.39, 0.29) is 30.8 Å². The summed E-state index contributed by atoms with van der Waals surface area (Å²) in [7, 11) is 0. The predicted octanol–water partition coefficient (Wildman–Crippen LogP) is 2.19. The molecule has 2 amide bonds. The van der Waals surface area contributed by atoms with E-state index in [1.54, 1.807) is 12.3 Å². The van der Waals surface area contributed by atoms with Crippen LogP contribution in [0.2, 0.25) is 0 Å². The molecule has 2 aromatic heterocycles. The third kappa shape index (κ3) is 5.49. The van der Waals surface area contributed by atoms with Gasteiger partial charge in [0, 0.05) is 19.5 Å². The smallest absolute Gasteiger partial charge is 0.254 e. The summed E-state index contributed by atoms with van der Waals surface area (Å²) < 4.78 is 10.4. The van der Waals surface area contributed by atoms with Crippen molar-refractivity contribution in [2.24, 2.45) is 0 Å². The molecule has 0 bridgehead atoms. The molecule has 0 aliphatic heterocycles. The summed E-state index contributed by atoms with van der Waals surface area (Å²) in [4.78, 5) is 26.0. The largest absolute Gasteiger partial charge is 0.472 e. The molecule has 7 nitrogen and oxygen atoms in total. The molecular formula is C18H25N3O4. The van der Waals surface area contributed by atoms with E-state index < -0.39 is 0 Å². The van der Waals surface area contributed by atoms with Gasteiger partial charge in [0.2, 0.25) is 5.91 Å². The summed E-state index contributed by atoms with van der Waals surface area (Å²) in [6.07, 6.45) is 4.66. The number of carbonyl (C=O) groups is 2. The molecule has 0 fully saturated rings. The highest BCUT2D eigenvalue weighted by Gasteiger charge is 2.21. The van der Waals surface area contributed by atoms with E-state index in [4.69, 9.17) is 8.83 Å². The number of amides is 2. The Kier molecular flexibility index (Phi) is 7.28. The average Bonchev–Trinajstić information content (AvgIpc) is 3.32. The van der Waals surface area contributed by atoms with E-state index in [2.05, 4.69) is 29.4 Å². The molecule has 0 saturated heterocycles. The fourth-order valence-corrected chi connectivity index (χ4v) is 2.64. The fourth-order valence-electron chi connectivity index (χ4n) is 2.64. The van der Waals surface area contributed by atoms with Gasteiger partial charge in [0.05, 0.1) is 24.1 Å². The van der Waals surface area contributed by atoms with Crippen molar-refractivity contribution in [3.05, 3.63) is 48.3 Å². The van der Waals surface area contributed by atoms with Gasteiger partial charge in [-0.15, -0.1) is 0 Å². The highest BCUT2D eigenvalue weighted by molar-refractivity contribution is 5.94. The SMILES string of the molecule is CCN(CC)[C@@H](CNC(=O)CCNC(=O)c1ccoc1)c1ccco1. The van der Waals surface area contributed by atoms with Gasteiger partial charge in [0.25, 0.3) is 5.91 Å². The number of likely N-dealkylation sites (N-methyl/N-ethyl adjacent to an activating group) is 1. The van der Waals surface area contributed by atoms with E-state index in [0.717, 1.165) is 18.8 Å². The molecule has 2 aromatic rings. The first kappa shape index (κ1) is 18.8. The van der Waals surface area contributed by atoms with E-state index in [0.29, 0.717) is 12.1 Å². The Bertz CT molecular complexity index is 633. The van der Waals surface area contributed by atoms with E-state index in [9.17, 15) is 9.59 Å². The fraction of sp³-hybridized carbons (Fsp3) is 0.444. The molecular weight excluding hydrogens is 322 g/mol. The Labute approximate surface area is 147 Å². The zero-order valence-corrected chi connectivity index (χ0v) is 14.7. The third-order valence-electron chi connectivity index (χ3n) is 4.04. The van der Waals surface area contributed by atoms with Crippen LogP contribution in [0.5, 0.6) is 0 Å². The van der Waals surface area contributed by atoms with Gasteiger partial charge >= 0.3 is 0 Å². The number of hydrogen-bond acceptors (Lipinski definition) is 5. The molecule has 0 spiro atoms. The Balaban J connectivity index is 1.77. The minimum absolute atomic E-state index is 0.00512. The van der Waals surface area contributed by atoms with Crippen molar-refractivity contribution in [3.63, 3.8) is 0 Å². The van der Waals surface area contributed by atoms with Crippen molar-refractivity contribution in [2.75, 3.05) is 26.2 Å². The first-order valence-electron chi connectivity index (χ1n) is 8.50. The summed E-state index contributed by atoms with van der Waals surface area (Å²) in [5, 5.41) is 5.61. The lowest BCUT2D eigenvalue weighted by Crippen LogP contribution is -2.38. The number of hydrogen-bond donors (Lipinski definition) is 2. The number of nitrogens with zero attached hydrogens (tertiary/aromatic N) is 1. The van der Waals surface area contributed by atoms with E-state index in [1.165, 1.54) is 12.5 Å². The first-order chi connectivity index (χ1) is 12.2. The summed E-state index contributed by atoms with van der Waals surface area (Å²) in [6, 6.07) is 5.33. The highest BCUT2D eigenvalue weighted by Crippen LogP contribution is 2.20. The van der Waals surface area contributed by atoms with Crippen LogP contribution in [-0.2, 0) is 4.79 Å². The van der Waals surface area contributed by atoms with Crippen LogP contribution in [-0.4, -0.2) is 42.9 Å². The number of carbonyl (C=O) groups excluding carboxylic acids is 2. The molecule has 0 aromatic carbocycles. The molecule has 7 heteroatoms. The lowest BCUT2D eigenvalue weighted by Gasteiger charge is -2.28. The van der Waals surface area contributed by atoms with Crippen molar-refractivity contribution in [3.8, 4) is 0 Å². The third-order valence-corrected chi connectivity index (χ3v) is 4.04. The Morgan fingerprint density at radius 3 is 2.56 bits per heavy atom. The highest BCUT2D eigenvalue weighted by atomic mass is 16.3. The lowest BCUT2D eigenvalue weighted by molar-refractivity contribution is -0.121. The van der Waals surface area contributed by atoms with Gasteiger partial charge < -0.3 is 19.5 Å². The second-order valence-electron chi connectivity index (χ2n) is 5.57. The zero-order chi connectivity index (χ0) is 18.1. The maximum absolute atomic E-state index is 12.1. The van der Waals surface area contributed by atoms with Gasteiger partial charge in [-0.05, 0) is 31.3 Å². The first-order valence-corrected chi connectivity index (χ1v) is 8.50. The number of furan rings is 2. The number of rotatable bonds is 10. The van der Waals surface area contributed by atoms with Gasteiger partial charge in [-0.3, -0.25) is 14.5 Å². The van der Waals surface area contributed by atoms with Crippen LogP contribution >= 0.6 is 0 Å². The number of nitrogens with one attached hydrogen (secondary N) is 2. The Morgan fingerprint density at radius 1 is 1.16 bits per heavy atom. The van der Waals surface area contributed by atoms with Crippen molar-refractivity contribution in [2.45, 2.75) is 26.3 Å². The van der Waals surface area contributed by atoms with Crippen LogP contribution in [0.15, 0.2) is 45.8 Å². The molecule has 25 heavy (non-hydrogen) atoms. The van der Waals surface area contributed by atoms with Crippen molar-refractivity contribution >= 4 is 11.8 Å². The Morgan fingerprint density at radius 2 is 1.96 bits per heavy atom. The van der Waals surface area contributed by atoms with Crippen LogP contribution in [0, 0.1) is 0 Å². The molecule has 0 unspecified atom stereocenters. The molecule has 2 heterocycles. The predicted molar refractivity (Wildman–Crippen MR) is 93.0 cm³/mol. The quantitative estimate of drug-likeness (QED) is 0.688. The van der Waals surface area contributed by atoms with Crippen LogP contribution in [0.3, 0.4) is 0 Å². The van der Waals surface area contributed by atoms with Gasteiger partial charge in [0.1, 0.15) is 12.0 Å². The van der Waals surface area contributed by atoms with E-state index in [1.807, 2.05) is 12.1 Å². The van der Waals surface area contributed by atoms with Crippen molar-refractivity contribution < 1.29 is 18.4 Å². The second kappa shape index (κ2) is 9.68. The van der Waals surface area contributed by atoms with Gasteiger partial charge in [-0.1, -0.05) is 13.8 Å². The molecule has 0 saturated carbocycles. The molecule has 2 rings (SSSR count). The van der Waals surface area contributed by atoms with Crippen molar-refractivity contribution in [1.82, 2.24) is 15.5 Å². The molecule has 0 aliphatic carbocycles. The topological polar surface area (TPSA) is 87.7 Å². The monoisotopic (exact) mass is 347 g/mol. The van der Waals surface area contributed by atoms with Crippen LogP contribution in [0.1, 0.15) is 42.4 Å². The molecule has 0 aliphatic rings. The minimum Gasteiger partial charge on any atom is -0.472 e. The summed E-state index contributed by atoms with van der Waals surface area (Å²) >= 11 is 0. The van der Waals surface area contributed by atoms with Crippen LogP contribution in [0.25, 0.3) is 0 Å². The second-order valence-corrected chi connectivity index (χ2v) is 5.57. The lowest BCUT2D eigenvalue weighted by atomic mass is 10.2. The summed E-state index contributed by atoms with van der Waals surface area (Å²) in [5.74, 6) is 0.464. The maximum atomic E-state index is 12.1. The Hall–Kier alpha value is -2.54. The van der Waals surface area contributed by atoms with Gasteiger partial charge in [0.15, 0.2) is 0 Å².